The van der Waals surface area contributed by atoms with Crippen molar-refractivity contribution in [2.45, 2.75) is 45.3 Å². The quantitative estimate of drug-likeness (QED) is 0.560. The number of nitrogens with one attached hydrogen (secondary N) is 1. The fraction of sp³-hybridized carbons (Fsp3) is 0.733. The Morgan fingerprint density at radius 3 is 2.25 bits per heavy atom. The van der Waals surface area contributed by atoms with Gasteiger partial charge in [-0.15, -0.1) is 0 Å². The van der Waals surface area contributed by atoms with Crippen LogP contribution < -0.4 is 21.1 Å². The van der Waals surface area contributed by atoms with Crippen molar-refractivity contribution in [3.05, 3.63) is 20.4 Å². The van der Waals surface area contributed by atoms with Gasteiger partial charge in [-0.25, -0.2) is 0 Å². The van der Waals surface area contributed by atoms with E-state index in [1.54, 1.807) is 0 Å². The van der Waals surface area contributed by atoms with E-state index in [4.69, 9.17) is 0 Å². The fourth-order valence-electron chi connectivity index (χ4n) is 2.21. The predicted octanol–water partition coefficient (Wildman–Crippen LogP) is 2.46. The lowest BCUT2D eigenvalue weighted by Crippen LogP contribution is -2.42. The third kappa shape index (κ3) is 3.78. The summed E-state index contributed by atoms with van der Waals surface area (Å²) in [6.07, 6.45) is 4.18. The van der Waals surface area contributed by atoms with Gasteiger partial charge in [-0.1, -0.05) is 13.8 Å². The van der Waals surface area contributed by atoms with Crippen molar-refractivity contribution >= 4 is 23.1 Å². The summed E-state index contributed by atoms with van der Waals surface area (Å²) in [6.45, 7) is 10.6. The zero-order valence-electron chi connectivity index (χ0n) is 13.2. The first-order valence-electron chi connectivity index (χ1n) is 7.25. The van der Waals surface area contributed by atoms with E-state index in [1.807, 2.05) is 30.5 Å². The summed E-state index contributed by atoms with van der Waals surface area (Å²) in [5.41, 5.74) is 0.376. The number of hydrogen-bond donors (Lipinski definition) is 1. The van der Waals surface area contributed by atoms with Gasteiger partial charge in [0.05, 0.1) is 0 Å². The average Bonchev–Trinajstić information content (AvgIpc) is 2.45. The van der Waals surface area contributed by atoms with Crippen molar-refractivity contribution in [2.24, 2.45) is 0 Å². The number of rotatable bonds is 9. The van der Waals surface area contributed by atoms with Gasteiger partial charge < -0.3 is 10.2 Å². The highest BCUT2D eigenvalue weighted by molar-refractivity contribution is 7.99. The molecule has 0 aliphatic rings. The molecule has 0 bridgehead atoms. The molecule has 0 unspecified atom stereocenters. The number of hydrogen-bond acceptors (Lipinski definition) is 5. The highest BCUT2D eigenvalue weighted by Gasteiger charge is 2.24. The molecule has 0 amide bonds. The fourth-order valence-corrected chi connectivity index (χ4v) is 2.56. The van der Waals surface area contributed by atoms with Crippen LogP contribution in [0.1, 0.15) is 40.5 Å². The zero-order chi connectivity index (χ0) is 15.3. The van der Waals surface area contributed by atoms with E-state index in [1.165, 1.54) is 0 Å². The summed E-state index contributed by atoms with van der Waals surface area (Å²) in [6, 6.07) is 0. The minimum Gasteiger partial charge on any atom is -0.380 e. The Kier molecular flexibility index (Phi) is 6.11. The molecule has 0 aliphatic carbocycles. The lowest BCUT2D eigenvalue weighted by molar-refractivity contribution is 0.616. The van der Waals surface area contributed by atoms with Crippen molar-refractivity contribution < 1.29 is 0 Å². The van der Waals surface area contributed by atoms with E-state index >= 15 is 0 Å². The van der Waals surface area contributed by atoms with Gasteiger partial charge in [0, 0.05) is 24.4 Å². The molecule has 0 radical (unpaired) electrons. The van der Waals surface area contributed by atoms with Crippen molar-refractivity contribution in [1.82, 2.24) is 0 Å². The molecule has 1 aromatic rings. The van der Waals surface area contributed by atoms with E-state index in [2.05, 4.69) is 25.4 Å². The van der Waals surface area contributed by atoms with E-state index in [0.717, 1.165) is 32.5 Å². The molecule has 20 heavy (non-hydrogen) atoms. The first-order chi connectivity index (χ1) is 9.37. The molecular weight excluding hydrogens is 272 g/mol. The third-order valence-electron chi connectivity index (χ3n) is 3.77. The van der Waals surface area contributed by atoms with Crippen molar-refractivity contribution in [3.8, 4) is 0 Å². The van der Waals surface area contributed by atoms with Crippen LogP contribution in [0.25, 0.3) is 0 Å². The minimum absolute atomic E-state index is 0.261. The van der Waals surface area contributed by atoms with Crippen LogP contribution in [0, 0.1) is 0 Å². The van der Waals surface area contributed by atoms with Gasteiger partial charge in [-0.05, 0) is 32.9 Å². The summed E-state index contributed by atoms with van der Waals surface area (Å²) in [4.78, 5) is 25.3. The van der Waals surface area contributed by atoms with Crippen molar-refractivity contribution in [3.63, 3.8) is 0 Å². The van der Waals surface area contributed by atoms with E-state index < -0.39 is 0 Å². The molecular formula is C15H26N2O2S. The zero-order valence-corrected chi connectivity index (χ0v) is 14.0. The van der Waals surface area contributed by atoms with E-state index in [0.29, 0.717) is 11.4 Å². The topological polar surface area (TPSA) is 49.4 Å². The van der Waals surface area contributed by atoms with Gasteiger partial charge in [0.25, 0.3) is 10.9 Å². The molecule has 4 nitrogen and oxygen atoms in total. The van der Waals surface area contributed by atoms with Crippen LogP contribution >= 0.6 is 11.8 Å². The van der Waals surface area contributed by atoms with Gasteiger partial charge in [-0.2, -0.15) is 11.8 Å². The summed E-state index contributed by atoms with van der Waals surface area (Å²) in [5, 5.41) is 3.15. The average molecular weight is 298 g/mol. The molecule has 0 aromatic heterocycles. The molecule has 0 heterocycles. The maximum absolute atomic E-state index is 11.7. The molecule has 114 valence electrons. The van der Waals surface area contributed by atoms with Crippen LogP contribution in [0.2, 0.25) is 0 Å². The van der Waals surface area contributed by atoms with Gasteiger partial charge in [0.15, 0.2) is 0 Å². The number of anilines is 2. The Morgan fingerprint density at radius 2 is 1.75 bits per heavy atom. The minimum atomic E-state index is -0.365. The Morgan fingerprint density at radius 1 is 1.15 bits per heavy atom. The summed E-state index contributed by atoms with van der Waals surface area (Å²) in [5.74, 6) is 0. The molecule has 0 spiro atoms. The lowest BCUT2D eigenvalue weighted by atomic mass is 10.1. The predicted molar refractivity (Wildman–Crippen MR) is 90.2 cm³/mol. The van der Waals surface area contributed by atoms with Crippen LogP contribution in [0.4, 0.5) is 11.4 Å². The Balaban J connectivity index is 2.60. The Hall–Kier alpha value is -0.970. The van der Waals surface area contributed by atoms with Crippen molar-refractivity contribution in [1.29, 1.82) is 0 Å². The molecule has 1 aromatic carbocycles. The van der Waals surface area contributed by atoms with Gasteiger partial charge in [0.1, 0.15) is 11.4 Å². The summed E-state index contributed by atoms with van der Waals surface area (Å²) < 4.78 is 0.261. The van der Waals surface area contributed by atoms with Crippen LogP contribution in [-0.2, 0) is 0 Å². The monoisotopic (exact) mass is 298 g/mol. The van der Waals surface area contributed by atoms with E-state index in [-0.39, 0.29) is 15.6 Å². The number of thioether (sulfide) groups is 1. The standard InChI is InChI=1S/C15H26N2O2S/c1-6-17(7-2)12-11(13(18)14(12)19)16-10-8-9-15(3,4)20-5/h16H,6-10H2,1-5H3. The normalized spacial score (nSPS) is 11.8. The highest BCUT2D eigenvalue weighted by atomic mass is 32.2. The first kappa shape index (κ1) is 17.1. The smallest absolute Gasteiger partial charge is 0.253 e. The second-order valence-corrected chi connectivity index (χ2v) is 7.06. The van der Waals surface area contributed by atoms with Crippen LogP contribution in [0.3, 0.4) is 0 Å². The summed E-state index contributed by atoms with van der Waals surface area (Å²) >= 11 is 1.85. The Labute approximate surface area is 125 Å². The lowest BCUT2D eigenvalue weighted by Gasteiger charge is -2.25. The summed E-state index contributed by atoms with van der Waals surface area (Å²) in [7, 11) is 0. The van der Waals surface area contributed by atoms with Crippen LogP contribution in [0.5, 0.6) is 0 Å². The first-order valence-corrected chi connectivity index (χ1v) is 8.47. The van der Waals surface area contributed by atoms with Crippen LogP contribution in [0.15, 0.2) is 9.59 Å². The molecule has 1 rings (SSSR count). The SMILES string of the molecule is CCN(CC)c1c(NCCCC(C)(C)SC)c(=O)c1=O. The number of nitrogens with zero attached hydrogens (tertiary/aromatic N) is 1. The molecule has 0 aliphatic heterocycles. The van der Waals surface area contributed by atoms with Gasteiger partial charge >= 0.3 is 0 Å². The Bertz CT molecular complexity index is 500. The second-order valence-electron chi connectivity index (χ2n) is 5.55. The molecule has 1 N–H and O–H groups in total. The van der Waals surface area contributed by atoms with Crippen LogP contribution in [-0.4, -0.2) is 30.6 Å². The van der Waals surface area contributed by atoms with E-state index in [9.17, 15) is 9.59 Å². The molecule has 0 saturated heterocycles. The molecule has 0 saturated carbocycles. The largest absolute Gasteiger partial charge is 0.380 e. The van der Waals surface area contributed by atoms with Crippen molar-refractivity contribution in [2.75, 3.05) is 36.1 Å². The maximum atomic E-state index is 11.7. The third-order valence-corrected chi connectivity index (χ3v) is 5.08. The molecule has 5 heteroatoms. The highest BCUT2D eigenvalue weighted by Crippen LogP contribution is 2.27. The van der Waals surface area contributed by atoms with Gasteiger partial charge in [0.2, 0.25) is 0 Å². The molecule has 0 atom stereocenters. The second kappa shape index (κ2) is 7.16. The molecule has 0 fully saturated rings. The van der Waals surface area contributed by atoms with Gasteiger partial charge in [-0.3, -0.25) is 9.59 Å². The maximum Gasteiger partial charge on any atom is 0.253 e.